The number of para-hydroxylation sites is 2. The lowest BCUT2D eigenvalue weighted by atomic mass is 10.2. The van der Waals surface area contributed by atoms with Gasteiger partial charge < -0.3 is 9.64 Å². The van der Waals surface area contributed by atoms with Gasteiger partial charge in [0.25, 0.3) is 15.9 Å². The van der Waals surface area contributed by atoms with Gasteiger partial charge in [-0.25, -0.2) is 13.2 Å². The fourth-order valence-corrected chi connectivity index (χ4v) is 4.47. The zero-order chi connectivity index (χ0) is 24.0. The van der Waals surface area contributed by atoms with E-state index in [1.165, 1.54) is 47.4 Å². The van der Waals surface area contributed by atoms with Gasteiger partial charge in [-0.2, -0.15) is 0 Å². The summed E-state index contributed by atoms with van der Waals surface area (Å²) in [6, 6.07) is 23.2. The maximum Gasteiger partial charge on any atom is 0.338 e. The smallest absolute Gasteiger partial charge is 0.338 e. The Morgan fingerprint density at radius 2 is 1.36 bits per heavy atom. The van der Waals surface area contributed by atoms with E-state index in [0.717, 1.165) is 0 Å². The summed E-state index contributed by atoms with van der Waals surface area (Å²) in [6.45, 7) is 3.77. The van der Waals surface area contributed by atoms with Crippen LogP contribution in [0.25, 0.3) is 0 Å². The van der Waals surface area contributed by atoms with Crippen LogP contribution in [-0.2, 0) is 19.6 Å². The van der Waals surface area contributed by atoms with Crippen molar-refractivity contribution >= 4 is 33.3 Å². The van der Waals surface area contributed by atoms with Crippen LogP contribution in [0.5, 0.6) is 0 Å². The van der Waals surface area contributed by atoms with Crippen molar-refractivity contribution in [2.75, 3.05) is 22.8 Å². The largest absolute Gasteiger partial charge is 0.449 e. The van der Waals surface area contributed by atoms with Crippen molar-refractivity contribution in [3.8, 4) is 0 Å². The number of likely N-dealkylation sites (N-methyl/N-ethyl adjacent to an activating group) is 1. The molecule has 172 valence electrons. The maximum absolute atomic E-state index is 12.9. The second-order valence-electron chi connectivity index (χ2n) is 7.30. The van der Waals surface area contributed by atoms with Crippen molar-refractivity contribution in [3.05, 3.63) is 90.5 Å². The van der Waals surface area contributed by atoms with Gasteiger partial charge in [0.15, 0.2) is 6.10 Å². The normalized spacial score (nSPS) is 12.0. The van der Waals surface area contributed by atoms with E-state index in [1.54, 1.807) is 30.3 Å². The molecule has 0 aliphatic rings. The first-order valence-corrected chi connectivity index (χ1v) is 11.9. The van der Waals surface area contributed by atoms with Gasteiger partial charge in [0, 0.05) is 19.3 Å². The zero-order valence-corrected chi connectivity index (χ0v) is 19.5. The number of carbonyl (C=O) groups excluding carboxylic acids is 2. The predicted octanol–water partition coefficient (Wildman–Crippen LogP) is 4.11. The number of rotatable bonds is 8. The molecule has 0 spiro atoms. The van der Waals surface area contributed by atoms with E-state index in [9.17, 15) is 18.0 Å². The Labute approximate surface area is 194 Å². The number of esters is 1. The zero-order valence-electron chi connectivity index (χ0n) is 18.7. The molecule has 0 aliphatic heterocycles. The molecule has 7 nitrogen and oxygen atoms in total. The van der Waals surface area contributed by atoms with Gasteiger partial charge in [-0.05, 0) is 62.4 Å². The van der Waals surface area contributed by atoms with Gasteiger partial charge in [0.2, 0.25) is 0 Å². The minimum Gasteiger partial charge on any atom is -0.449 e. The molecule has 0 saturated heterocycles. The van der Waals surface area contributed by atoms with Crippen LogP contribution in [0.2, 0.25) is 0 Å². The van der Waals surface area contributed by atoms with E-state index in [-0.39, 0.29) is 16.4 Å². The van der Waals surface area contributed by atoms with Crippen molar-refractivity contribution < 1.29 is 22.7 Å². The monoisotopic (exact) mass is 466 g/mol. The highest BCUT2D eigenvalue weighted by molar-refractivity contribution is 7.92. The van der Waals surface area contributed by atoms with Crippen molar-refractivity contribution in [1.82, 2.24) is 0 Å². The molecule has 0 saturated carbocycles. The number of anilines is 2. The van der Waals surface area contributed by atoms with Crippen molar-refractivity contribution in [3.63, 3.8) is 0 Å². The van der Waals surface area contributed by atoms with E-state index in [2.05, 4.69) is 0 Å². The predicted molar refractivity (Wildman–Crippen MR) is 128 cm³/mol. The van der Waals surface area contributed by atoms with E-state index in [0.29, 0.717) is 17.9 Å². The number of amides is 1. The van der Waals surface area contributed by atoms with Crippen LogP contribution in [0.4, 0.5) is 11.4 Å². The van der Waals surface area contributed by atoms with Gasteiger partial charge in [-0.15, -0.1) is 0 Å². The summed E-state index contributed by atoms with van der Waals surface area (Å²) < 4.78 is 32.3. The Kier molecular flexibility index (Phi) is 7.50. The van der Waals surface area contributed by atoms with Gasteiger partial charge in [-0.1, -0.05) is 36.4 Å². The average molecular weight is 467 g/mol. The maximum atomic E-state index is 12.9. The van der Waals surface area contributed by atoms with Crippen LogP contribution in [0.1, 0.15) is 24.2 Å². The molecule has 0 aliphatic carbocycles. The minimum absolute atomic E-state index is 0.0377. The number of sulfonamides is 1. The van der Waals surface area contributed by atoms with Crippen molar-refractivity contribution in [2.45, 2.75) is 24.8 Å². The van der Waals surface area contributed by atoms with Crippen LogP contribution in [0.15, 0.2) is 89.8 Å². The SMILES string of the molecule is CCN(C(=O)[C@H](C)OC(=O)c1ccc(S(=O)(=O)N(C)c2ccccc2)cc1)c1ccccc1. The lowest BCUT2D eigenvalue weighted by Gasteiger charge is -2.24. The molecule has 0 heterocycles. The van der Waals surface area contributed by atoms with Gasteiger partial charge in [0.05, 0.1) is 16.1 Å². The summed E-state index contributed by atoms with van der Waals surface area (Å²) in [7, 11) is -2.33. The van der Waals surface area contributed by atoms with E-state index in [4.69, 9.17) is 4.74 Å². The minimum atomic E-state index is -3.80. The third kappa shape index (κ3) is 5.40. The van der Waals surface area contributed by atoms with E-state index < -0.39 is 22.1 Å². The first-order chi connectivity index (χ1) is 15.8. The molecule has 0 radical (unpaired) electrons. The van der Waals surface area contributed by atoms with Crippen LogP contribution in [0, 0.1) is 0 Å². The number of hydrogen-bond acceptors (Lipinski definition) is 5. The molecule has 8 heteroatoms. The van der Waals surface area contributed by atoms with Crippen molar-refractivity contribution in [2.24, 2.45) is 0 Å². The van der Waals surface area contributed by atoms with E-state index in [1.807, 2.05) is 37.3 Å². The highest BCUT2D eigenvalue weighted by Crippen LogP contribution is 2.22. The molecule has 3 aromatic rings. The Bertz CT molecular complexity index is 1200. The quantitative estimate of drug-likeness (QED) is 0.467. The van der Waals surface area contributed by atoms with Crippen LogP contribution in [0.3, 0.4) is 0 Å². The fourth-order valence-electron chi connectivity index (χ4n) is 3.27. The standard InChI is InChI=1S/C25H26N2O5S/c1-4-27(22-13-9-6-10-14-22)24(28)19(2)32-25(29)20-15-17-23(18-16-20)33(30,31)26(3)21-11-7-5-8-12-21/h5-19H,4H2,1-3H3/t19-/m0/s1. The molecule has 0 N–H and O–H groups in total. The summed E-state index contributed by atoms with van der Waals surface area (Å²) in [6.07, 6.45) is -1.01. The number of hydrogen-bond donors (Lipinski definition) is 0. The summed E-state index contributed by atoms with van der Waals surface area (Å²) in [5, 5.41) is 0. The third-order valence-corrected chi connectivity index (χ3v) is 6.95. The Morgan fingerprint density at radius 1 is 0.848 bits per heavy atom. The highest BCUT2D eigenvalue weighted by atomic mass is 32.2. The Hall–Kier alpha value is -3.65. The molecule has 1 atom stereocenters. The second-order valence-corrected chi connectivity index (χ2v) is 9.27. The topological polar surface area (TPSA) is 84.0 Å². The number of ether oxygens (including phenoxy) is 1. The van der Waals surface area contributed by atoms with Gasteiger partial charge in [-0.3, -0.25) is 9.10 Å². The summed E-state index contributed by atoms with van der Waals surface area (Å²) in [5.41, 5.74) is 1.39. The average Bonchev–Trinajstić information content (AvgIpc) is 2.85. The molecule has 3 aromatic carbocycles. The Morgan fingerprint density at radius 3 is 1.88 bits per heavy atom. The molecule has 0 bridgehead atoms. The third-order valence-electron chi connectivity index (χ3n) is 5.15. The molecule has 0 aromatic heterocycles. The van der Waals surface area contributed by atoms with Crippen molar-refractivity contribution in [1.29, 1.82) is 0 Å². The summed E-state index contributed by atoms with van der Waals surface area (Å²) in [5.74, 6) is -1.05. The van der Waals surface area contributed by atoms with Crippen LogP contribution >= 0.6 is 0 Å². The van der Waals surface area contributed by atoms with Gasteiger partial charge >= 0.3 is 5.97 Å². The molecule has 0 fully saturated rings. The lowest BCUT2D eigenvalue weighted by Crippen LogP contribution is -2.40. The van der Waals surface area contributed by atoms with E-state index >= 15 is 0 Å². The molecule has 1 amide bonds. The molecular formula is C25H26N2O5S. The molecule has 33 heavy (non-hydrogen) atoms. The van der Waals surface area contributed by atoms with Crippen LogP contribution in [-0.4, -0.2) is 40.0 Å². The molecule has 0 unspecified atom stereocenters. The molecular weight excluding hydrogens is 440 g/mol. The number of benzene rings is 3. The summed E-state index contributed by atoms with van der Waals surface area (Å²) >= 11 is 0. The first-order valence-electron chi connectivity index (χ1n) is 10.5. The van der Waals surface area contributed by atoms with Gasteiger partial charge in [0.1, 0.15) is 0 Å². The summed E-state index contributed by atoms with van der Waals surface area (Å²) in [4.78, 5) is 26.9. The highest BCUT2D eigenvalue weighted by Gasteiger charge is 2.25. The molecule has 3 rings (SSSR count). The Balaban J connectivity index is 1.70. The second kappa shape index (κ2) is 10.3. The van der Waals surface area contributed by atoms with Crippen LogP contribution < -0.4 is 9.21 Å². The number of nitrogens with zero attached hydrogens (tertiary/aromatic N) is 2. The number of carbonyl (C=O) groups is 2. The first kappa shape index (κ1) is 24.0. The fraction of sp³-hybridized carbons (Fsp3) is 0.200. The lowest BCUT2D eigenvalue weighted by molar-refractivity contribution is -0.126.